The largest absolute Gasteiger partial charge is 0.271 e. The van der Waals surface area contributed by atoms with Crippen LogP contribution in [0.1, 0.15) is 17.2 Å². The smallest absolute Gasteiger partial charge is 0.0745 e. The van der Waals surface area contributed by atoms with Crippen molar-refractivity contribution in [1.29, 1.82) is 0 Å². The minimum Gasteiger partial charge on any atom is -0.271 e. The van der Waals surface area contributed by atoms with Crippen molar-refractivity contribution in [2.75, 3.05) is 0 Å². The van der Waals surface area contributed by atoms with Gasteiger partial charge in [0.05, 0.1) is 6.04 Å². The summed E-state index contributed by atoms with van der Waals surface area (Å²) in [6.07, 6.45) is 3.68. The highest BCUT2D eigenvalue weighted by molar-refractivity contribution is 6.31. The van der Waals surface area contributed by atoms with E-state index in [0.717, 1.165) is 21.9 Å². The van der Waals surface area contributed by atoms with Crippen LogP contribution in [0.5, 0.6) is 0 Å². The maximum absolute atomic E-state index is 6.28. The zero-order valence-electron chi connectivity index (χ0n) is 10.8. The van der Waals surface area contributed by atoms with Gasteiger partial charge in [0, 0.05) is 28.4 Å². The SMILES string of the molecule is NNC(c1ccccc1Cl)c1cncc2ccccc12. The molecule has 0 saturated carbocycles. The van der Waals surface area contributed by atoms with Gasteiger partial charge >= 0.3 is 0 Å². The van der Waals surface area contributed by atoms with Crippen LogP contribution >= 0.6 is 11.6 Å². The zero-order chi connectivity index (χ0) is 13.9. The molecule has 0 spiro atoms. The summed E-state index contributed by atoms with van der Waals surface area (Å²) in [7, 11) is 0. The van der Waals surface area contributed by atoms with Gasteiger partial charge in [-0.05, 0) is 17.0 Å². The Morgan fingerprint density at radius 1 is 0.950 bits per heavy atom. The number of hydrazine groups is 1. The molecule has 0 fully saturated rings. The summed E-state index contributed by atoms with van der Waals surface area (Å²) in [6.45, 7) is 0. The summed E-state index contributed by atoms with van der Waals surface area (Å²) in [4.78, 5) is 4.30. The summed E-state index contributed by atoms with van der Waals surface area (Å²) in [5.41, 5.74) is 4.80. The highest BCUT2D eigenvalue weighted by Crippen LogP contribution is 2.31. The highest BCUT2D eigenvalue weighted by Gasteiger charge is 2.17. The fourth-order valence-electron chi connectivity index (χ4n) is 2.43. The van der Waals surface area contributed by atoms with E-state index in [2.05, 4.69) is 16.5 Å². The highest BCUT2D eigenvalue weighted by atomic mass is 35.5. The Kier molecular flexibility index (Phi) is 3.65. The average Bonchev–Trinajstić information content (AvgIpc) is 2.50. The molecule has 0 aliphatic heterocycles. The summed E-state index contributed by atoms with van der Waals surface area (Å²) >= 11 is 6.28. The summed E-state index contributed by atoms with van der Waals surface area (Å²) in [6, 6.07) is 15.6. The van der Waals surface area contributed by atoms with Gasteiger partial charge in [-0.3, -0.25) is 10.8 Å². The fraction of sp³-hybridized carbons (Fsp3) is 0.0625. The van der Waals surface area contributed by atoms with Gasteiger partial charge in [0.15, 0.2) is 0 Å². The van der Waals surface area contributed by atoms with E-state index < -0.39 is 0 Å². The Labute approximate surface area is 122 Å². The van der Waals surface area contributed by atoms with Gasteiger partial charge in [-0.1, -0.05) is 54.1 Å². The van der Waals surface area contributed by atoms with E-state index in [1.165, 1.54) is 0 Å². The van der Waals surface area contributed by atoms with E-state index >= 15 is 0 Å². The number of nitrogens with zero attached hydrogens (tertiary/aromatic N) is 1. The molecule has 1 heterocycles. The van der Waals surface area contributed by atoms with Crippen LogP contribution in [0.4, 0.5) is 0 Å². The Bertz CT molecular complexity index is 737. The molecule has 3 aromatic rings. The molecule has 0 saturated heterocycles. The third-order valence-electron chi connectivity index (χ3n) is 3.39. The first-order valence-corrected chi connectivity index (χ1v) is 6.72. The second-order valence-corrected chi connectivity index (χ2v) is 4.98. The number of nitrogens with one attached hydrogen (secondary N) is 1. The maximum atomic E-state index is 6.28. The first kappa shape index (κ1) is 13.1. The van der Waals surface area contributed by atoms with E-state index in [1.807, 2.05) is 54.9 Å². The van der Waals surface area contributed by atoms with E-state index in [-0.39, 0.29) is 6.04 Å². The van der Waals surface area contributed by atoms with Gasteiger partial charge in [-0.25, -0.2) is 5.43 Å². The Hall–Kier alpha value is -1.94. The molecular weight excluding hydrogens is 270 g/mol. The average molecular weight is 284 g/mol. The van der Waals surface area contributed by atoms with E-state index in [1.54, 1.807) is 0 Å². The molecule has 1 atom stereocenters. The van der Waals surface area contributed by atoms with Crippen LogP contribution < -0.4 is 11.3 Å². The van der Waals surface area contributed by atoms with Crippen molar-refractivity contribution in [1.82, 2.24) is 10.4 Å². The van der Waals surface area contributed by atoms with Gasteiger partial charge in [-0.2, -0.15) is 0 Å². The predicted octanol–water partition coefficient (Wildman–Crippen LogP) is 3.44. The predicted molar refractivity (Wildman–Crippen MR) is 82.4 cm³/mol. The number of benzene rings is 2. The van der Waals surface area contributed by atoms with Crippen LogP contribution in [0.15, 0.2) is 60.9 Å². The molecule has 20 heavy (non-hydrogen) atoms. The molecular formula is C16H14ClN3. The number of nitrogens with two attached hydrogens (primary N) is 1. The number of halogens is 1. The molecule has 100 valence electrons. The second kappa shape index (κ2) is 5.59. The van der Waals surface area contributed by atoms with Crippen molar-refractivity contribution in [2.24, 2.45) is 5.84 Å². The molecule has 3 N–H and O–H groups in total. The third-order valence-corrected chi connectivity index (χ3v) is 3.74. The van der Waals surface area contributed by atoms with Gasteiger partial charge in [0.1, 0.15) is 0 Å². The maximum Gasteiger partial charge on any atom is 0.0745 e. The molecule has 3 rings (SSSR count). The molecule has 0 radical (unpaired) electrons. The lowest BCUT2D eigenvalue weighted by atomic mass is 9.96. The van der Waals surface area contributed by atoms with Crippen molar-refractivity contribution in [2.45, 2.75) is 6.04 Å². The number of aromatic nitrogens is 1. The molecule has 0 bridgehead atoms. The van der Waals surface area contributed by atoms with Crippen molar-refractivity contribution < 1.29 is 0 Å². The quantitative estimate of drug-likeness (QED) is 0.572. The van der Waals surface area contributed by atoms with Gasteiger partial charge < -0.3 is 0 Å². The van der Waals surface area contributed by atoms with Crippen molar-refractivity contribution in [3.05, 3.63) is 77.1 Å². The molecule has 2 aromatic carbocycles. The van der Waals surface area contributed by atoms with Gasteiger partial charge in [0.2, 0.25) is 0 Å². The van der Waals surface area contributed by atoms with Crippen LogP contribution in [0.3, 0.4) is 0 Å². The Morgan fingerprint density at radius 2 is 1.70 bits per heavy atom. The lowest BCUT2D eigenvalue weighted by molar-refractivity contribution is 0.639. The fourth-order valence-corrected chi connectivity index (χ4v) is 2.67. The van der Waals surface area contributed by atoms with Crippen LogP contribution in [0.25, 0.3) is 10.8 Å². The van der Waals surface area contributed by atoms with Gasteiger partial charge in [-0.15, -0.1) is 0 Å². The number of hydrogen-bond donors (Lipinski definition) is 2. The molecule has 0 aliphatic rings. The van der Waals surface area contributed by atoms with Crippen LogP contribution in [-0.2, 0) is 0 Å². The van der Waals surface area contributed by atoms with Gasteiger partial charge in [0.25, 0.3) is 0 Å². The van der Waals surface area contributed by atoms with E-state index in [9.17, 15) is 0 Å². The molecule has 4 heteroatoms. The number of pyridine rings is 1. The summed E-state index contributed by atoms with van der Waals surface area (Å²) in [5, 5.41) is 2.88. The van der Waals surface area contributed by atoms with Crippen molar-refractivity contribution in [3.63, 3.8) is 0 Å². The van der Waals surface area contributed by atoms with Crippen LogP contribution in [-0.4, -0.2) is 4.98 Å². The molecule has 1 unspecified atom stereocenters. The normalized spacial score (nSPS) is 12.5. The number of hydrogen-bond acceptors (Lipinski definition) is 3. The molecule has 0 amide bonds. The lowest BCUT2D eigenvalue weighted by Gasteiger charge is -2.19. The number of fused-ring (bicyclic) bond motifs is 1. The Balaban J connectivity index is 2.20. The summed E-state index contributed by atoms with van der Waals surface area (Å²) < 4.78 is 0. The number of rotatable bonds is 3. The van der Waals surface area contributed by atoms with Crippen LogP contribution in [0.2, 0.25) is 5.02 Å². The molecule has 1 aromatic heterocycles. The second-order valence-electron chi connectivity index (χ2n) is 4.57. The standard InChI is InChI=1S/C16H14ClN3/c17-15-8-4-3-7-13(15)16(20-18)14-10-19-9-11-5-1-2-6-12(11)14/h1-10,16,20H,18H2. The topological polar surface area (TPSA) is 50.9 Å². The minimum atomic E-state index is -0.192. The van der Waals surface area contributed by atoms with Crippen LogP contribution in [0, 0.1) is 0 Å². The minimum absolute atomic E-state index is 0.192. The lowest BCUT2D eigenvalue weighted by Crippen LogP contribution is -2.29. The van der Waals surface area contributed by atoms with E-state index in [4.69, 9.17) is 17.4 Å². The monoisotopic (exact) mass is 283 g/mol. The summed E-state index contributed by atoms with van der Waals surface area (Å²) in [5.74, 6) is 5.76. The first-order valence-electron chi connectivity index (χ1n) is 6.34. The van der Waals surface area contributed by atoms with Crippen molar-refractivity contribution in [3.8, 4) is 0 Å². The Morgan fingerprint density at radius 3 is 2.50 bits per heavy atom. The molecule has 3 nitrogen and oxygen atoms in total. The third kappa shape index (κ3) is 2.27. The molecule has 0 aliphatic carbocycles. The first-order chi connectivity index (χ1) is 9.81. The zero-order valence-corrected chi connectivity index (χ0v) is 11.5. The van der Waals surface area contributed by atoms with E-state index in [0.29, 0.717) is 5.02 Å². The van der Waals surface area contributed by atoms with Crippen molar-refractivity contribution >= 4 is 22.4 Å².